The van der Waals surface area contributed by atoms with Gasteiger partial charge in [0, 0.05) is 5.56 Å². The van der Waals surface area contributed by atoms with E-state index in [1.54, 1.807) is 36.4 Å². The summed E-state index contributed by atoms with van der Waals surface area (Å²) < 4.78 is 0. The van der Waals surface area contributed by atoms with Crippen molar-refractivity contribution in [2.75, 3.05) is 0 Å². The van der Waals surface area contributed by atoms with Crippen molar-refractivity contribution in [2.45, 2.75) is 0 Å². The first-order valence-corrected chi connectivity index (χ1v) is 4.53. The van der Waals surface area contributed by atoms with Crippen LogP contribution >= 0.6 is 0 Å². The first-order valence-electron chi connectivity index (χ1n) is 4.53. The highest BCUT2D eigenvalue weighted by Crippen LogP contribution is 2.30. The topological polar surface area (TPSA) is 49.7 Å². The van der Waals surface area contributed by atoms with E-state index in [1.807, 2.05) is 12.1 Å². The van der Waals surface area contributed by atoms with Crippen molar-refractivity contribution in [3.8, 4) is 16.9 Å². The zero-order chi connectivity index (χ0) is 10.7. The van der Waals surface area contributed by atoms with Gasteiger partial charge in [-0.1, -0.05) is 30.3 Å². The van der Waals surface area contributed by atoms with Gasteiger partial charge in [-0.2, -0.15) is 0 Å². The number of aromatic hydroxyl groups is 1. The molecule has 0 aliphatic heterocycles. The van der Waals surface area contributed by atoms with Crippen LogP contribution in [0.15, 0.2) is 53.7 Å². The lowest BCUT2D eigenvalue weighted by molar-refractivity contribution is 0.477. The molecule has 0 atom stereocenters. The Bertz CT molecular complexity index is 494. The molecule has 0 spiro atoms. The molecule has 3 heteroatoms. The van der Waals surface area contributed by atoms with E-state index in [-0.39, 0.29) is 5.75 Å². The summed E-state index contributed by atoms with van der Waals surface area (Å²) in [6, 6.07) is 13.8. The number of hydrogen-bond acceptors (Lipinski definition) is 3. The van der Waals surface area contributed by atoms with E-state index in [4.69, 9.17) is 0 Å². The van der Waals surface area contributed by atoms with Crippen molar-refractivity contribution >= 4 is 5.69 Å². The Labute approximate surface area is 87.0 Å². The highest BCUT2D eigenvalue weighted by atomic mass is 16.3. The van der Waals surface area contributed by atoms with Crippen LogP contribution in [0.3, 0.4) is 0 Å². The lowest BCUT2D eigenvalue weighted by Crippen LogP contribution is -1.77. The molecule has 0 saturated heterocycles. The summed E-state index contributed by atoms with van der Waals surface area (Å²) in [5.74, 6) is 0.195. The number of phenols is 1. The van der Waals surface area contributed by atoms with Gasteiger partial charge in [-0.15, -0.1) is 4.91 Å². The smallest absolute Gasteiger partial charge is 0.123 e. The number of para-hydroxylation sites is 1. The number of rotatable bonds is 2. The third-order valence-electron chi connectivity index (χ3n) is 2.17. The predicted octanol–water partition coefficient (Wildman–Crippen LogP) is 3.46. The first-order chi connectivity index (χ1) is 7.31. The van der Waals surface area contributed by atoms with E-state index >= 15 is 0 Å². The molecule has 0 aliphatic carbocycles. The van der Waals surface area contributed by atoms with Gasteiger partial charge in [-0.3, -0.25) is 0 Å². The Balaban J connectivity index is 2.54. The molecule has 15 heavy (non-hydrogen) atoms. The van der Waals surface area contributed by atoms with Crippen LogP contribution < -0.4 is 0 Å². The second-order valence-electron chi connectivity index (χ2n) is 3.16. The molecule has 0 amide bonds. The Morgan fingerprint density at radius 1 is 1.00 bits per heavy atom. The standard InChI is InChI=1S/C12H9NO2/c14-12-7-2-1-6-11(12)9-4-3-5-10(8-9)13-15/h1-8,14H. The third-order valence-corrected chi connectivity index (χ3v) is 2.17. The van der Waals surface area contributed by atoms with Crippen LogP contribution in [-0.2, 0) is 0 Å². The van der Waals surface area contributed by atoms with Gasteiger partial charge in [-0.25, -0.2) is 0 Å². The molecular weight excluding hydrogens is 190 g/mol. The van der Waals surface area contributed by atoms with E-state index < -0.39 is 0 Å². The fourth-order valence-electron chi connectivity index (χ4n) is 1.45. The molecule has 2 rings (SSSR count). The number of nitroso groups, excluding NO2 is 1. The normalized spacial score (nSPS) is 9.87. The molecule has 0 radical (unpaired) electrons. The minimum Gasteiger partial charge on any atom is -0.507 e. The molecule has 0 aromatic heterocycles. The average molecular weight is 199 g/mol. The highest BCUT2D eigenvalue weighted by molar-refractivity contribution is 5.72. The van der Waals surface area contributed by atoms with Crippen LogP contribution in [0.1, 0.15) is 0 Å². The van der Waals surface area contributed by atoms with E-state index in [0.29, 0.717) is 11.3 Å². The second-order valence-corrected chi connectivity index (χ2v) is 3.16. The largest absolute Gasteiger partial charge is 0.507 e. The van der Waals surface area contributed by atoms with Gasteiger partial charge >= 0.3 is 0 Å². The summed E-state index contributed by atoms with van der Waals surface area (Å²) >= 11 is 0. The summed E-state index contributed by atoms with van der Waals surface area (Å²) in [5, 5.41) is 12.5. The molecule has 0 fully saturated rings. The SMILES string of the molecule is O=Nc1cccc(-c2ccccc2O)c1. The van der Waals surface area contributed by atoms with Gasteiger partial charge in [0.25, 0.3) is 0 Å². The van der Waals surface area contributed by atoms with Crippen LogP contribution in [0, 0.1) is 4.91 Å². The lowest BCUT2D eigenvalue weighted by atomic mass is 10.0. The molecule has 2 aromatic rings. The fraction of sp³-hybridized carbons (Fsp3) is 0. The Morgan fingerprint density at radius 3 is 2.53 bits per heavy atom. The summed E-state index contributed by atoms with van der Waals surface area (Å²) in [4.78, 5) is 10.4. The second kappa shape index (κ2) is 3.92. The zero-order valence-electron chi connectivity index (χ0n) is 7.92. The van der Waals surface area contributed by atoms with Crippen molar-refractivity contribution in [3.63, 3.8) is 0 Å². The van der Waals surface area contributed by atoms with Crippen molar-refractivity contribution in [1.82, 2.24) is 0 Å². The third kappa shape index (κ3) is 1.86. The zero-order valence-corrected chi connectivity index (χ0v) is 7.92. The maximum Gasteiger partial charge on any atom is 0.123 e. The summed E-state index contributed by atoms with van der Waals surface area (Å²) in [6.45, 7) is 0. The molecule has 1 N–H and O–H groups in total. The number of phenolic OH excluding ortho intramolecular Hbond substituents is 1. The summed E-state index contributed by atoms with van der Waals surface area (Å²) in [5.41, 5.74) is 1.84. The van der Waals surface area contributed by atoms with Gasteiger partial charge in [-0.05, 0) is 28.9 Å². The lowest BCUT2D eigenvalue weighted by Gasteiger charge is -2.03. The van der Waals surface area contributed by atoms with Crippen molar-refractivity contribution in [3.05, 3.63) is 53.4 Å². The maximum absolute atomic E-state index is 10.4. The summed E-state index contributed by atoms with van der Waals surface area (Å²) in [6.07, 6.45) is 0. The van der Waals surface area contributed by atoms with Gasteiger partial charge in [0.1, 0.15) is 11.4 Å². The number of nitrogens with zero attached hydrogens (tertiary/aromatic N) is 1. The van der Waals surface area contributed by atoms with Crippen molar-refractivity contribution in [2.24, 2.45) is 5.18 Å². The molecule has 2 aromatic carbocycles. The van der Waals surface area contributed by atoms with E-state index in [2.05, 4.69) is 5.18 Å². The first kappa shape index (κ1) is 9.40. The van der Waals surface area contributed by atoms with Crippen LogP contribution in [0.4, 0.5) is 5.69 Å². The van der Waals surface area contributed by atoms with Gasteiger partial charge in [0.2, 0.25) is 0 Å². The van der Waals surface area contributed by atoms with Crippen LogP contribution in [-0.4, -0.2) is 5.11 Å². The van der Waals surface area contributed by atoms with Crippen LogP contribution in [0.2, 0.25) is 0 Å². The van der Waals surface area contributed by atoms with E-state index in [9.17, 15) is 10.0 Å². The average Bonchev–Trinajstić information content (AvgIpc) is 2.30. The predicted molar refractivity (Wildman–Crippen MR) is 59.0 cm³/mol. The Kier molecular flexibility index (Phi) is 2.46. The Morgan fingerprint density at radius 2 is 1.80 bits per heavy atom. The molecule has 3 nitrogen and oxygen atoms in total. The molecule has 74 valence electrons. The van der Waals surface area contributed by atoms with Crippen LogP contribution in [0.25, 0.3) is 11.1 Å². The van der Waals surface area contributed by atoms with Crippen molar-refractivity contribution in [1.29, 1.82) is 0 Å². The molecule has 0 bridgehead atoms. The molecule has 0 aliphatic rings. The van der Waals surface area contributed by atoms with Crippen LogP contribution in [0.5, 0.6) is 5.75 Å². The highest BCUT2D eigenvalue weighted by Gasteiger charge is 2.03. The van der Waals surface area contributed by atoms with Gasteiger partial charge in [0.15, 0.2) is 0 Å². The monoisotopic (exact) mass is 199 g/mol. The Hall–Kier alpha value is -2.16. The number of benzene rings is 2. The quantitative estimate of drug-likeness (QED) is 0.753. The maximum atomic E-state index is 10.4. The molecular formula is C12H9NO2. The summed E-state index contributed by atoms with van der Waals surface area (Å²) in [7, 11) is 0. The minimum atomic E-state index is 0.195. The minimum absolute atomic E-state index is 0.195. The molecule has 0 heterocycles. The molecule has 0 saturated carbocycles. The van der Waals surface area contributed by atoms with Crippen molar-refractivity contribution < 1.29 is 5.11 Å². The van der Waals surface area contributed by atoms with E-state index in [0.717, 1.165) is 5.56 Å². The molecule has 0 unspecified atom stereocenters. The van der Waals surface area contributed by atoms with Gasteiger partial charge in [0.05, 0.1) is 0 Å². The van der Waals surface area contributed by atoms with Gasteiger partial charge < -0.3 is 5.11 Å². The van der Waals surface area contributed by atoms with E-state index in [1.165, 1.54) is 0 Å². The fourth-order valence-corrected chi connectivity index (χ4v) is 1.45. The number of hydrogen-bond donors (Lipinski definition) is 1.